The van der Waals surface area contributed by atoms with E-state index in [2.05, 4.69) is 34.7 Å². The van der Waals surface area contributed by atoms with E-state index in [-0.39, 0.29) is 18.6 Å². The summed E-state index contributed by atoms with van der Waals surface area (Å²) < 4.78 is 6.99. The van der Waals surface area contributed by atoms with E-state index in [1.165, 1.54) is 6.33 Å². The lowest BCUT2D eigenvalue weighted by Crippen LogP contribution is -2.38. The molecule has 1 aromatic heterocycles. The first-order chi connectivity index (χ1) is 10.1. The summed E-state index contributed by atoms with van der Waals surface area (Å²) in [6.07, 6.45) is 1.51. The predicted molar refractivity (Wildman–Crippen MR) is 77.1 cm³/mol. The second kappa shape index (κ2) is 6.83. The first-order valence-corrected chi connectivity index (χ1v) is 6.82. The van der Waals surface area contributed by atoms with Gasteiger partial charge in [0.05, 0.1) is 5.69 Å². The molecule has 0 spiro atoms. The molecule has 0 unspecified atom stereocenters. The molecule has 21 heavy (non-hydrogen) atoms. The van der Waals surface area contributed by atoms with Gasteiger partial charge in [-0.05, 0) is 47.5 Å². The third-order valence-corrected chi connectivity index (χ3v) is 3.21. The number of carbonyl (C=O) groups is 1. The van der Waals surface area contributed by atoms with Crippen molar-refractivity contribution in [1.29, 1.82) is 0 Å². The highest BCUT2D eigenvalue weighted by Gasteiger charge is 2.11. The number of amides is 1. The average Bonchev–Trinajstić information content (AvgIpc) is 2.99. The SMILES string of the molecule is CC(C)[C@@H](C)NC(=O)COc1ccc(-n2cnnn2)cc1. The van der Waals surface area contributed by atoms with Crippen LogP contribution in [0.2, 0.25) is 0 Å². The smallest absolute Gasteiger partial charge is 0.258 e. The van der Waals surface area contributed by atoms with E-state index >= 15 is 0 Å². The van der Waals surface area contributed by atoms with Crippen molar-refractivity contribution in [2.45, 2.75) is 26.8 Å². The maximum atomic E-state index is 11.7. The molecule has 1 heterocycles. The average molecular weight is 289 g/mol. The molecule has 0 aliphatic rings. The van der Waals surface area contributed by atoms with E-state index in [9.17, 15) is 4.79 Å². The Morgan fingerprint density at radius 2 is 2.00 bits per heavy atom. The van der Waals surface area contributed by atoms with Crippen molar-refractivity contribution < 1.29 is 9.53 Å². The topological polar surface area (TPSA) is 81.9 Å². The van der Waals surface area contributed by atoms with Crippen molar-refractivity contribution in [2.24, 2.45) is 5.92 Å². The lowest BCUT2D eigenvalue weighted by molar-refractivity contribution is -0.124. The first kappa shape index (κ1) is 15.0. The number of nitrogens with zero attached hydrogens (tertiary/aromatic N) is 4. The summed E-state index contributed by atoms with van der Waals surface area (Å²) in [7, 11) is 0. The summed E-state index contributed by atoms with van der Waals surface area (Å²) >= 11 is 0. The normalized spacial score (nSPS) is 12.2. The minimum atomic E-state index is -0.124. The van der Waals surface area contributed by atoms with Crippen molar-refractivity contribution >= 4 is 5.91 Å². The van der Waals surface area contributed by atoms with Gasteiger partial charge in [-0.3, -0.25) is 4.79 Å². The number of aromatic nitrogens is 4. The maximum Gasteiger partial charge on any atom is 0.258 e. The molecule has 0 radical (unpaired) electrons. The highest BCUT2D eigenvalue weighted by atomic mass is 16.5. The van der Waals surface area contributed by atoms with E-state index in [1.54, 1.807) is 16.8 Å². The molecule has 2 aromatic rings. The third-order valence-electron chi connectivity index (χ3n) is 3.21. The zero-order valence-electron chi connectivity index (χ0n) is 12.4. The van der Waals surface area contributed by atoms with Gasteiger partial charge in [0.2, 0.25) is 0 Å². The van der Waals surface area contributed by atoms with Gasteiger partial charge in [-0.15, -0.1) is 5.10 Å². The predicted octanol–water partition coefficient (Wildman–Crippen LogP) is 1.20. The van der Waals surface area contributed by atoms with Gasteiger partial charge in [0.15, 0.2) is 6.61 Å². The third kappa shape index (κ3) is 4.27. The zero-order valence-corrected chi connectivity index (χ0v) is 12.4. The quantitative estimate of drug-likeness (QED) is 0.864. The van der Waals surface area contributed by atoms with Crippen LogP contribution >= 0.6 is 0 Å². The highest BCUT2D eigenvalue weighted by molar-refractivity contribution is 5.77. The van der Waals surface area contributed by atoms with Gasteiger partial charge in [0.25, 0.3) is 5.91 Å². The Morgan fingerprint density at radius 3 is 2.57 bits per heavy atom. The minimum Gasteiger partial charge on any atom is -0.484 e. The van der Waals surface area contributed by atoms with Crippen molar-refractivity contribution in [3.05, 3.63) is 30.6 Å². The number of ether oxygens (including phenoxy) is 1. The summed E-state index contributed by atoms with van der Waals surface area (Å²) in [6, 6.07) is 7.32. The molecule has 1 amide bonds. The molecule has 1 atom stereocenters. The fourth-order valence-corrected chi connectivity index (χ4v) is 1.59. The number of nitrogens with one attached hydrogen (secondary N) is 1. The van der Waals surface area contributed by atoms with Crippen molar-refractivity contribution in [1.82, 2.24) is 25.5 Å². The molecule has 0 fully saturated rings. The van der Waals surface area contributed by atoms with Gasteiger partial charge in [0.1, 0.15) is 12.1 Å². The molecule has 1 N–H and O–H groups in total. The number of hydrogen-bond donors (Lipinski definition) is 1. The molecular weight excluding hydrogens is 270 g/mol. The molecule has 0 saturated heterocycles. The van der Waals surface area contributed by atoms with Crippen LogP contribution in [0.4, 0.5) is 0 Å². The molecule has 7 heteroatoms. The van der Waals surface area contributed by atoms with E-state index in [1.807, 2.05) is 19.1 Å². The molecule has 7 nitrogen and oxygen atoms in total. The summed E-state index contributed by atoms with van der Waals surface area (Å²) in [5.74, 6) is 0.893. The van der Waals surface area contributed by atoms with Gasteiger partial charge < -0.3 is 10.1 Å². The number of tetrazole rings is 1. The molecule has 2 rings (SSSR count). The Labute approximate surface area is 123 Å². The van der Waals surface area contributed by atoms with Crippen LogP contribution in [0.25, 0.3) is 5.69 Å². The largest absolute Gasteiger partial charge is 0.484 e. The molecular formula is C14H19N5O2. The van der Waals surface area contributed by atoms with Gasteiger partial charge in [-0.25, -0.2) is 4.68 Å². The molecule has 0 saturated carbocycles. The van der Waals surface area contributed by atoms with Crippen LogP contribution < -0.4 is 10.1 Å². The van der Waals surface area contributed by atoms with Crippen LogP contribution in [-0.4, -0.2) is 38.8 Å². The summed E-state index contributed by atoms with van der Waals surface area (Å²) in [5.41, 5.74) is 0.824. The summed E-state index contributed by atoms with van der Waals surface area (Å²) in [6.45, 7) is 6.10. The standard InChI is InChI=1S/C14H19N5O2/c1-10(2)11(3)16-14(20)8-21-13-6-4-12(5-7-13)19-9-15-17-18-19/h4-7,9-11H,8H2,1-3H3,(H,16,20)/t11-/m1/s1. The Balaban J connectivity index is 1.85. The van der Waals surface area contributed by atoms with Crippen LogP contribution in [-0.2, 0) is 4.79 Å². The summed E-state index contributed by atoms with van der Waals surface area (Å²) in [5, 5.41) is 13.8. The Bertz CT molecular complexity index is 566. The van der Waals surface area contributed by atoms with E-state index < -0.39 is 0 Å². The van der Waals surface area contributed by atoms with Crippen LogP contribution in [0.5, 0.6) is 5.75 Å². The van der Waals surface area contributed by atoms with Gasteiger partial charge in [-0.2, -0.15) is 0 Å². The minimum absolute atomic E-state index is 0.00128. The van der Waals surface area contributed by atoms with Crippen molar-refractivity contribution in [2.75, 3.05) is 6.61 Å². The van der Waals surface area contributed by atoms with Gasteiger partial charge in [-0.1, -0.05) is 13.8 Å². The number of carbonyl (C=O) groups excluding carboxylic acids is 1. The zero-order chi connectivity index (χ0) is 15.2. The lowest BCUT2D eigenvalue weighted by Gasteiger charge is -2.17. The monoisotopic (exact) mass is 289 g/mol. The second-order valence-electron chi connectivity index (χ2n) is 5.14. The van der Waals surface area contributed by atoms with E-state index in [0.717, 1.165) is 5.69 Å². The molecule has 112 valence electrons. The lowest BCUT2D eigenvalue weighted by atomic mass is 10.1. The Kier molecular flexibility index (Phi) is 4.86. The Morgan fingerprint density at radius 1 is 1.29 bits per heavy atom. The molecule has 0 aliphatic heterocycles. The van der Waals surface area contributed by atoms with E-state index in [0.29, 0.717) is 11.7 Å². The van der Waals surface area contributed by atoms with Crippen LogP contribution in [0.1, 0.15) is 20.8 Å². The van der Waals surface area contributed by atoms with Crippen LogP contribution in [0.15, 0.2) is 30.6 Å². The maximum absolute atomic E-state index is 11.7. The van der Waals surface area contributed by atoms with E-state index in [4.69, 9.17) is 4.74 Å². The summed E-state index contributed by atoms with van der Waals surface area (Å²) in [4.78, 5) is 11.7. The highest BCUT2D eigenvalue weighted by Crippen LogP contribution is 2.14. The Hall–Kier alpha value is -2.44. The second-order valence-corrected chi connectivity index (χ2v) is 5.14. The number of rotatable bonds is 6. The molecule has 0 bridgehead atoms. The van der Waals surface area contributed by atoms with Crippen LogP contribution in [0.3, 0.4) is 0 Å². The number of hydrogen-bond acceptors (Lipinski definition) is 5. The van der Waals surface area contributed by atoms with Crippen molar-refractivity contribution in [3.8, 4) is 11.4 Å². The fraction of sp³-hybridized carbons (Fsp3) is 0.429. The van der Waals surface area contributed by atoms with Gasteiger partial charge >= 0.3 is 0 Å². The molecule has 1 aromatic carbocycles. The fourth-order valence-electron chi connectivity index (χ4n) is 1.59. The number of benzene rings is 1. The van der Waals surface area contributed by atoms with Gasteiger partial charge in [0, 0.05) is 6.04 Å². The molecule has 0 aliphatic carbocycles. The van der Waals surface area contributed by atoms with Crippen molar-refractivity contribution in [3.63, 3.8) is 0 Å². The first-order valence-electron chi connectivity index (χ1n) is 6.82. The van der Waals surface area contributed by atoms with Crippen LogP contribution in [0, 0.1) is 5.92 Å².